The molecule has 0 amide bonds. The van der Waals surface area contributed by atoms with Crippen molar-refractivity contribution in [3.05, 3.63) is 67.1 Å². The molecule has 7 nitrogen and oxygen atoms in total. The van der Waals surface area contributed by atoms with Crippen LogP contribution in [0.4, 0.5) is 5.82 Å². The summed E-state index contributed by atoms with van der Waals surface area (Å²) in [6.07, 6.45) is 10.7. The first kappa shape index (κ1) is 23.9. The van der Waals surface area contributed by atoms with Crippen LogP contribution in [0.15, 0.2) is 67.1 Å². The van der Waals surface area contributed by atoms with Gasteiger partial charge in [-0.3, -0.25) is 0 Å². The maximum absolute atomic E-state index is 6.40. The molecule has 1 saturated carbocycles. The van der Waals surface area contributed by atoms with Crippen molar-refractivity contribution in [3.8, 4) is 22.6 Å². The summed E-state index contributed by atoms with van der Waals surface area (Å²) in [5.74, 6) is 2.14. The number of nitrogen functional groups attached to an aromatic ring is 1. The van der Waals surface area contributed by atoms with Crippen molar-refractivity contribution in [3.63, 3.8) is 0 Å². The quantitative estimate of drug-likeness (QED) is 0.364. The molecule has 1 aliphatic heterocycles. The van der Waals surface area contributed by atoms with Crippen molar-refractivity contribution in [2.24, 2.45) is 5.73 Å². The molecule has 1 saturated heterocycles. The number of nitrogens with zero attached hydrogens (tertiary/aromatic N) is 4. The van der Waals surface area contributed by atoms with E-state index in [1.54, 1.807) is 6.33 Å². The molecule has 37 heavy (non-hydrogen) atoms. The second kappa shape index (κ2) is 9.80. The van der Waals surface area contributed by atoms with Crippen LogP contribution in [0.2, 0.25) is 0 Å². The van der Waals surface area contributed by atoms with Gasteiger partial charge in [0.05, 0.1) is 5.39 Å². The molecule has 4 aromatic rings. The van der Waals surface area contributed by atoms with Crippen molar-refractivity contribution in [2.75, 3.05) is 18.8 Å². The van der Waals surface area contributed by atoms with Crippen molar-refractivity contribution in [1.29, 1.82) is 0 Å². The summed E-state index contributed by atoms with van der Waals surface area (Å²) < 4.78 is 8.33. The summed E-state index contributed by atoms with van der Waals surface area (Å²) in [6, 6.07) is 19.1. The second-order valence-electron chi connectivity index (χ2n) is 11.0. The molecule has 2 fully saturated rings. The molecule has 0 unspecified atom stereocenters. The van der Waals surface area contributed by atoms with Crippen LogP contribution in [0.1, 0.15) is 51.5 Å². The molecule has 1 aliphatic carbocycles. The Morgan fingerprint density at radius 2 is 1.51 bits per heavy atom. The van der Waals surface area contributed by atoms with E-state index in [0.717, 1.165) is 72.4 Å². The van der Waals surface area contributed by atoms with Gasteiger partial charge in [-0.1, -0.05) is 30.3 Å². The fourth-order valence-electron chi connectivity index (χ4n) is 6.03. The van der Waals surface area contributed by atoms with E-state index in [-0.39, 0.29) is 5.54 Å². The Bertz CT molecular complexity index is 1350. The lowest BCUT2D eigenvalue weighted by Gasteiger charge is -2.43. The molecule has 2 aromatic carbocycles. The van der Waals surface area contributed by atoms with Gasteiger partial charge in [-0.2, -0.15) is 0 Å². The third-order valence-electron chi connectivity index (χ3n) is 8.30. The number of hydrogen-bond acceptors (Lipinski definition) is 6. The van der Waals surface area contributed by atoms with Gasteiger partial charge >= 0.3 is 0 Å². The molecule has 192 valence electrons. The highest BCUT2D eigenvalue weighted by atomic mass is 16.5. The first-order valence-electron chi connectivity index (χ1n) is 13.4. The first-order chi connectivity index (χ1) is 18.0. The molecule has 2 aliphatic rings. The van der Waals surface area contributed by atoms with E-state index in [2.05, 4.69) is 44.7 Å². The van der Waals surface area contributed by atoms with Crippen LogP contribution in [0.3, 0.4) is 0 Å². The third kappa shape index (κ3) is 4.93. The lowest BCUT2D eigenvalue weighted by atomic mass is 9.86. The summed E-state index contributed by atoms with van der Waals surface area (Å²) >= 11 is 0. The molecule has 3 heterocycles. The Labute approximate surface area is 218 Å². The Hall–Kier alpha value is -3.42. The van der Waals surface area contributed by atoms with Crippen LogP contribution in [0.25, 0.3) is 22.2 Å². The molecule has 4 N–H and O–H groups in total. The lowest BCUT2D eigenvalue weighted by molar-refractivity contribution is 0.0906. The number of aromatic nitrogens is 3. The van der Waals surface area contributed by atoms with E-state index >= 15 is 0 Å². The normalized spacial score (nSPS) is 22.2. The monoisotopic (exact) mass is 496 g/mol. The van der Waals surface area contributed by atoms with Gasteiger partial charge in [-0.15, -0.1) is 0 Å². The maximum atomic E-state index is 6.40. The molecule has 7 heteroatoms. The van der Waals surface area contributed by atoms with E-state index < -0.39 is 0 Å². The number of piperidine rings is 1. The van der Waals surface area contributed by atoms with E-state index in [1.165, 1.54) is 12.8 Å². The lowest BCUT2D eigenvalue weighted by Crippen LogP contribution is -2.51. The summed E-state index contributed by atoms with van der Waals surface area (Å²) in [5.41, 5.74) is 15.8. The van der Waals surface area contributed by atoms with E-state index in [9.17, 15) is 0 Å². The zero-order chi connectivity index (χ0) is 25.4. The van der Waals surface area contributed by atoms with Crippen LogP contribution in [0, 0.1) is 0 Å². The standard InChI is InChI=1S/C30H36N6O/c1-30(32)15-17-35(18-16-30)22-9-11-23(12-10-22)36-19-26(27-28(31)33-20-34-29(27)36)21-7-13-25(14-8-21)37-24-5-3-2-4-6-24/h2-8,13-14,19-20,22-23H,9-12,15-18,32H2,1H3,(H2,31,33,34)/t22-,23+. The first-order valence-corrected chi connectivity index (χ1v) is 13.4. The molecule has 0 spiro atoms. The van der Waals surface area contributed by atoms with Crippen LogP contribution < -0.4 is 16.2 Å². The minimum atomic E-state index is -0.000329. The number of rotatable bonds is 5. The summed E-state index contributed by atoms with van der Waals surface area (Å²) in [5, 5.41) is 0.930. The fraction of sp³-hybridized carbons (Fsp3) is 0.400. The fourth-order valence-corrected chi connectivity index (χ4v) is 6.03. The Balaban J connectivity index is 1.22. The Morgan fingerprint density at radius 3 is 2.22 bits per heavy atom. The van der Waals surface area contributed by atoms with Crippen molar-refractivity contribution in [2.45, 2.75) is 63.1 Å². The number of fused-ring (bicyclic) bond motifs is 1. The average Bonchev–Trinajstić information content (AvgIpc) is 3.31. The predicted octanol–water partition coefficient (Wildman–Crippen LogP) is 5.77. The SMILES string of the molecule is CC1(N)CCN([C@H]2CC[C@@H](n3cc(-c4ccc(Oc5ccccc5)cc4)c4c(N)ncnc43)CC2)CC1. The largest absolute Gasteiger partial charge is 0.457 e. The minimum Gasteiger partial charge on any atom is -0.457 e. The van der Waals surface area contributed by atoms with Gasteiger partial charge in [0.25, 0.3) is 0 Å². The number of para-hydroxylation sites is 1. The van der Waals surface area contributed by atoms with Gasteiger partial charge in [-0.25, -0.2) is 9.97 Å². The number of hydrogen-bond donors (Lipinski definition) is 2. The molecule has 2 aromatic heterocycles. The molecular weight excluding hydrogens is 460 g/mol. The summed E-state index contributed by atoms with van der Waals surface area (Å²) in [7, 11) is 0. The van der Waals surface area contributed by atoms with Crippen molar-refractivity contribution < 1.29 is 4.74 Å². The number of benzene rings is 2. The van der Waals surface area contributed by atoms with E-state index in [1.807, 2.05) is 42.5 Å². The van der Waals surface area contributed by atoms with Gasteiger partial charge < -0.3 is 25.7 Å². The highest BCUT2D eigenvalue weighted by molar-refractivity contribution is 6.00. The highest BCUT2D eigenvalue weighted by Gasteiger charge is 2.33. The second-order valence-corrected chi connectivity index (χ2v) is 11.0. The maximum Gasteiger partial charge on any atom is 0.146 e. The smallest absolute Gasteiger partial charge is 0.146 e. The number of nitrogens with two attached hydrogens (primary N) is 2. The number of anilines is 1. The number of ether oxygens (including phenoxy) is 1. The zero-order valence-corrected chi connectivity index (χ0v) is 21.5. The molecule has 0 atom stereocenters. The molecule has 6 rings (SSSR count). The molecule has 0 radical (unpaired) electrons. The van der Waals surface area contributed by atoms with E-state index in [4.69, 9.17) is 16.2 Å². The predicted molar refractivity (Wildman–Crippen MR) is 149 cm³/mol. The van der Waals surface area contributed by atoms with Crippen molar-refractivity contribution >= 4 is 16.9 Å². The molecular formula is C30H36N6O. The number of likely N-dealkylation sites (tertiary alicyclic amines) is 1. The third-order valence-corrected chi connectivity index (χ3v) is 8.30. The van der Waals surface area contributed by atoms with Crippen molar-refractivity contribution in [1.82, 2.24) is 19.4 Å². The van der Waals surface area contributed by atoms with Gasteiger partial charge in [-0.05, 0) is 75.3 Å². The zero-order valence-electron chi connectivity index (χ0n) is 21.5. The van der Waals surface area contributed by atoms with Gasteiger partial charge in [0.2, 0.25) is 0 Å². The van der Waals surface area contributed by atoms with Gasteiger partial charge in [0.15, 0.2) is 0 Å². The Morgan fingerprint density at radius 1 is 0.865 bits per heavy atom. The minimum absolute atomic E-state index is 0.000329. The van der Waals surface area contributed by atoms with Crippen LogP contribution in [-0.4, -0.2) is 44.1 Å². The average molecular weight is 497 g/mol. The molecule has 0 bridgehead atoms. The van der Waals surface area contributed by atoms with Gasteiger partial charge in [0, 0.05) is 42.5 Å². The van der Waals surface area contributed by atoms with Gasteiger partial charge in [0.1, 0.15) is 29.3 Å². The summed E-state index contributed by atoms with van der Waals surface area (Å²) in [4.78, 5) is 11.7. The Kier molecular flexibility index (Phi) is 6.34. The summed E-state index contributed by atoms with van der Waals surface area (Å²) in [6.45, 7) is 4.42. The van der Waals surface area contributed by atoms with Crippen LogP contribution in [0.5, 0.6) is 11.5 Å². The highest BCUT2D eigenvalue weighted by Crippen LogP contribution is 2.40. The topological polar surface area (TPSA) is 95.2 Å². The van der Waals surface area contributed by atoms with Crippen LogP contribution in [-0.2, 0) is 0 Å². The van der Waals surface area contributed by atoms with E-state index in [0.29, 0.717) is 17.9 Å². The van der Waals surface area contributed by atoms with Crippen LogP contribution >= 0.6 is 0 Å².